The van der Waals surface area contributed by atoms with Gasteiger partial charge in [-0.3, -0.25) is 14.5 Å². The van der Waals surface area contributed by atoms with Crippen molar-refractivity contribution >= 4 is 63.2 Å². The van der Waals surface area contributed by atoms with E-state index in [1.807, 2.05) is 36.0 Å². The number of fused-ring (bicyclic) bond motifs is 1. The average Bonchev–Trinajstić information content (AvgIpc) is 2.87. The van der Waals surface area contributed by atoms with Crippen LogP contribution in [-0.4, -0.2) is 46.8 Å². The van der Waals surface area contributed by atoms with Gasteiger partial charge in [0.25, 0.3) is 5.91 Å². The molecule has 0 spiro atoms. The highest BCUT2D eigenvalue weighted by molar-refractivity contribution is 8.26. The molecule has 0 bridgehead atoms. The number of carbonyl (C=O) groups is 2. The molecule has 1 aromatic carbocycles. The fourth-order valence-electron chi connectivity index (χ4n) is 2.61. The van der Waals surface area contributed by atoms with E-state index in [0.717, 1.165) is 28.0 Å². The third kappa shape index (κ3) is 2.56. The van der Waals surface area contributed by atoms with Crippen LogP contribution in [0.1, 0.15) is 0 Å². The molecule has 1 fully saturated rings. The number of anilines is 2. The highest BCUT2D eigenvalue weighted by Crippen LogP contribution is 2.45. The first-order chi connectivity index (χ1) is 10.8. The molecule has 0 aromatic heterocycles. The smallest absolute Gasteiger partial charge is 0.323 e. The van der Waals surface area contributed by atoms with Crippen LogP contribution >= 0.6 is 35.6 Å². The molecule has 0 radical (unpaired) electrons. The van der Waals surface area contributed by atoms with Crippen LogP contribution in [0.5, 0.6) is 0 Å². The largest absolute Gasteiger partial charge is 0.480 e. The highest BCUT2D eigenvalue weighted by Gasteiger charge is 2.40. The van der Waals surface area contributed by atoms with E-state index in [-0.39, 0.29) is 4.32 Å². The summed E-state index contributed by atoms with van der Waals surface area (Å²) in [6.07, 6.45) is 0. The Morgan fingerprint density at radius 1 is 1.30 bits per heavy atom. The number of amides is 1. The Morgan fingerprint density at radius 3 is 2.61 bits per heavy atom. The van der Waals surface area contributed by atoms with Crippen molar-refractivity contribution in [1.29, 1.82) is 0 Å². The molecule has 23 heavy (non-hydrogen) atoms. The molecular formula is C14H12ClN3O3S2. The first-order valence-corrected chi connectivity index (χ1v) is 8.18. The fourth-order valence-corrected chi connectivity index (χ4v) is 4.17. The number of carbonyl (C=O) groups excluding carboxylic acids is 1. The summed E-state index contributed by atoms with van der Waals surface area (Å²) in [4.78, 5) is 28.7. The van der Waals surface area contributed by atoms with E-state index < -0.39 is 18.4 Å². The number of thioether (sulfide) groups is 1. The van der Waals surface area contributed by atoms with Gasteiger partial charge in [0.15, 0.2) is 0 Å². The third-order valence-electron chi connectivity index (χ3n) is 3.64. The van der Waals surface area contributed by atoms with E-state index in [4.69, 9.17) is 28.9 Å². The summed E-state index contributed by atoms with van der Waals surface area (Å²) in [6, 6.07) is 5.47. The zero-order chi connectivity index (χ0) is 16.9. The van der Waals surface area contributed by atoms with Crippen LogP contribution in [0.3, 0.4) is 0 Å². The zero-order valence-corrected chi connectivity index (χ0v) is 14.6. The number of benzene rings is 1. The molecular weight excluding hydrogens is 358 g/mol. The summed E-state index contributed by atoms with van der Waals surface area (Å²) in [5, 5.41) is 9.52. The van der Waals surface area contributed by atoms with Crippen LogP contribution in [0.15, 0.2) is 28.9 Å². The lowest BCUT2D eigenvalue weighted by Gasteiger charge is -2.20. The monoisotopic (exact) mass is 369 g/mol. The average molecular weight is 370 g/mol. The molecule has 0 unspecified atom stereocenters. The van der Waals surface area contributed by atoms with Crippen molar-refractivity contribution in [2.45, 2.75) is 0 Å². The SMILES string of the molecule is CN1/C(=C2\SC(=S)N(CC(=O)O)C2=O)N(C)c2cc(Cl)ccc21. The lowest BCUT2D eigenvalue weighted by molar-refractivity contribution is -0.140. The molecule has 1 N–H and O–H groups in total. The molecule has 1 amide bonds. The molecule has 0 saturated carbocycles. The van der Waals surface area contributed by atoms with E-state index in [1.54, 1.807) is 6.07 Å². The number of aliphatic carboxylic acids is 1. The molecule has 6 nitrogen and oxygen atoms in total. The zero-order valence-electron chi connectivity index (χ0n) is 12.2. The summed E-state index contributed by atoms with van der Waals surface area (Å²) in [7, 11) is 3.67. The molecule has 0 atom stereocenters. The number of nitrogens with zero attached hydrogens (tertiary/aromatic N) is 3. The van der Waals surface area contributed by atoms with Crippen molar-refractivity contribution in [2.75, 3.05) is 30.4 Å². The molecule has 1 aromatic rings. The molecule has 3 rings (SSSR count). The first-order valence-electron chi connectivity index (χ1n) is 6.58. The van der Waals surface area contributed by atoms with Crippen LogP contribution in [0.25, 0.3) is 0 Å². The minimum absolute atomic E-state index is 0.246. The molecule has 9 heteroatoms. The summed E-state index contributed by atoms with van der Waals surface area (Å²) in [6.45, 7) is -0.437. The normalized spacial score (nSPS) is 20.6. The Morgan fingerprint density at radius 2 is 1.96 bits per heavy atom. The van der Waals surface area contributed by atoms with E-state index in [1.165, 1.54) is 0 Å². The highest BCUT2D eigenvalue weighted by atomic mass is 35.5. The van der Waals surface area contributed by atoms with Gasteiger partial charge in [0, 0.05) is 19.1 Å². The number of carboxylic acids is 1. The number of halogens is 1. The van der Waals surface area contributed by atoms with Crippen molar-refractivity contribution in [3.05, 3.63) is 33.9 Å². The van der Waals surface area contributed by atoms with Gasteiger partial charge in [-0.2, -0.15) is 0 Å². The maximum absolute atomic E-state index is 12.6. The molecule has 0 aliphatic carbocycles. The lowest BCUT2D eigenvalue weighted by atomic mass is 10.2. The number of carboxylic acid groups (broad SMARTS) is 1. The second-order valence-electron chi connectivity index (χ2n) is 5.06. The molecule has 2 aliphatic heterocycles. The van der Waals surface area contributed by atoms with Gasteiger partial charge in [-0.1, -0.05) is 35.6 Å². The van der Waals surface area contributed by atoms with Gasteiger partial charge >= 0.3 is 5.97 Å². The Hall–Kier alpha value is -1.77. The van der Waals surface area contributed by atoms with Gasteiger partial charge in [0.05, 0.1) is 11.4 Å². The van der Waals surface area contributed by atoms with Crippen LogP contribution in [-0.2, 0) is 9.59 Å². The van der Waals surface area contributed by atoms with Gasteiger partial charge < -0.3 is 14.9 Å². The van der Waals surface area contributed by atoms with E-state index in [2.05, 4.69) is 0 Å². The van der Waals surface area contributed by atoms with Gasteiger partial charge in [-0.15, -0.1) is 0 Å². The number of hydrogen-bond donors (Lipinski definition) is 1. The van der Waals surface area contributed by atoms with Gasteiger partial charge in [0.1, 0.15) is 21.6 Å². The van der Waals surface area contributed by atoms with Gasteiger partial charge in [0.2, 0.25) is 0 Å². The molecule has 2 aliphatic rings. The van der Waals surface area contributed by atoms with Crippen molar-refractivity contribution in [2.24, 2.45) is 0 Å². The lowest BCUT2D eigenvalue weighted by Crippen LogP contribution is -2.34. The number of thiocarbonyl (C=S) groups is 1. The summed E-state index contributed by atoms with van der Waals surface area (Å²) >= 11 is 12.3. The van der Waals surface area contributed by atoms with E-state index in [9.17, 15) is 9.59 Å². The van der Waals surface area contributed by atoms with Gasteiger partial charge in [-0.25, -0.2) is 0 Å². The third-order valence-corrected chi connectivity index (χ3v) is 5.30. The maximum Gasteiger partial charge on any atom is 0.323 e. The summed E-state index contributed by atoms with van der Waals surface area (Å²) in [5.41, 5.74) is 1.79. The van der Waals surface area contributed by atoms with Crippen molar-refractivity contribution < 1.29 is 14.7 Å². The summed E-state index contributed by atoms with van der Waals surface area (Å²) < 4.78 is 0.246. The Balaban J connectivity index is 2.05. The van der Waals surface area contributed by atoms with Gasteiger partial charge in [-0.05, 0) is 18.2 Å². The Labute approximate surface area is 147 Å². The standard InChI is InChI=1S/C14H12ClN3O3S2/c1-16-8-4-3-7(15)5-9(8)17(2)12(16)11-13(21)18(6-10(19)20)14(22)23-11/h3-5H,6H2,1-2H3,(H,19,20)/b12-11+. The minimum Gasteiger partial charge on any atom is -0.480 e. The molecule has 2 heterocycles. The van der Waals surface area contributed by atoms with Crippen LogP contribution < -0.4 is 9.80 Å². The van der Waals surface area contributed by atoms with E-state index in [0.29, 0.717) is 15.7 Å². The van der Waals surface area contributed by atoms with Crippen molar-refractivity contribution in [3.63, 3.8) is 0 Å². The van der Waals surface area contributed by atoms with Crippen LogP contribution in [0, 0.1) is 0 Å². The Kier molecular flexibility index (Phi) is 3.99. The van der Waals surface area contributed by atoms with Crippen molar-refractivity contribution in [3.8, 4) is 0 Å². The fraction of sp³-hybridized carbons (Fsp3) is 0.214. The minimum atomic E-state index is -1.10. The van der Waals surface area contributed by atoms with Crippen molar-refractivity contribution in [1.82, 2.24) is 4.90 Å². The predicted molar refractivity (Wildman–Crippen MR) is 94.8 cm³/mol. The number of hydrogen-bond acceptors (Lipinski definition) is 6. The van der Waals surface area contributed by atoms with Crippen LogP contribution in [0.4, 0.5) is 11.4 Å². The first kappa shape index (κ1) is 16.1. The van der Waals surface area contributed by atoms with Crippen LogP contribution in [0.2, 0.25) is 5.02 Å². The predicted octanol–water partition coefficient (Wildman–Crippen LogP) is 2.34. The second kappa shape index (κ2) is 5.70. The topological polar surface area (TPSA) is 64.1 Å². The number of rotatable bonds is 2. The maximum atomic E-state index is 12.6. The van der Waals surface area contributed by atoms with E-state index >= 15 is 0 Å². The Bertz CT molecular complexity index is 781. The quantitative estimate of drug-likeness (QED) is 0.634. The summed E-state index contributed by atoms with van der Waals surface area (Å²) in [5.74, 6) is -0.835. The second-order valence-corrected chi connectivity index (χ2v) is 7.14. The molecule has 120 valence electrons. The molecule has 1 saturated heterocycles.